The van der Waals surface area contributed by atoms with Crippen molar-refractivity contribution in [1.82, 2.24) is 5.32 Å². The van der Waals surface area contributed by atoms with E-state index in [1.54, 1.807) is 0 Å². The molecule has 0 aliphatic heterocycles. The molecule has 1 aromatic carbocycles. The number of hydrogen-bond acceptors (Lipinski definition) is 2. The first-order chi connectivity index (χ1) is 9.25. The molecule has 0 saturated carbocycles. The maximum absolute atomic E-state index is 13.5. The van der Waals surface area contributed by atoms with Crippen LogP contribution >= 0.6 is 0 Å². The number of hydrogen-bond donors (Lipinski definition) is 3. The molecule has 0 unspecified atom stereocenters. The van der Waals surface area contributed by atoms with Crippen molar-refractivity contribution in [2.75, 3.05) is 5.32 Å². The van der Waals surface area contributed by atoms with Gasteiger partial charge in [0.05, 0.1) is 11.3 Å². The summed E-state index contributed by atoms with van der Waals surface area (Å²) in [4.78, 5) is 22.6. The van der Waals surface area contributed by atoms with Gasteiger partial charge in [0.1, 0.15) is 5.82 Å². The summed E-state index contributed by atoms with van der Waals surface area (Å²) in [6.07, 6.45) is 1.67. The largest absolute Gasteiger partial charge is 0.478 e. The van der Waals surface area contributed by atoms with Crippen LogP contribution in [0.25, 0.3) is 0 Å². The molecule has 3 N–H and O–H groups in total. The van der Waals surface area contributed by atoms with Crippen molar-refractivity contribution >= 4 is 17.7 Å². The molecular weight excluding hydrogens is 263 g/mol. The molecule has 0 aromatic heterocycles. The molecule has 0 saturated heterocycles. The third-order valence-electron chi connectivity index (χ3n) is 2.79. The van der Waals surface area contributed by atoms with Gasteiger partial charge in [-0.2, -0.15) is 0 Å². The molecule has 0 aliphatic carbocycles. The van der Waals surface area contributed by atoms with Crippen LogP contribution in [0.5, 0.6) is 0 Å². The van der Waals surface area contributed by atoms with Crippen LogP contribution in [0.15, 0.2) is 18.2 Å². The van der Waals surface area contributed by atoms with Gasteiger partial charge in [-0.25, -0.2) is 14.0 Å². The second-order valence-electron chi connectivity index (χ2n) is 5.21. The first kappa shape index (κ1) is 15.9. The molecule has 0 atom stereocenters. The van der Waals surface area contributed by atoms with E-state index in [2.05, 4.69) is 10.6 Å². The number of carboxylic acid groups (broad SMARTS) is 1. The van der Waals surface area contributed by atoms with Gasteiger partial charge < -0.3 is 15.7 Å². The van der Waals surface area contributed by atoms with Crippen LogP contribution in [0.3, 0.4) is 0 Å². The van der Waals surface area contributed by atoms with Gasteiger partial charge in [0, 0.05) is 5.54 Å². The third-order valence-corrected chi connectivity index (χ3v) is 2.79. The highest BCUT2D eigenvalue weighted by atomic mass is 19.1. The van der Waals surface area contributed by atoms with Crippen molar-refractivity contribution in [3.63, 3.8) is 0 Å². The first-order valence-electron chi connectivity index (χ1n) is 6.37. The van der Waals surface area contributed by atoms with E-state index in [1.165, 1.54) is 0 Å². The Morgan fingerprint density at radius 2 is 2.00 bits per heavy atom. The predicted molar refractivity (Wildman–Crippen MR) is 74.5 cm³/mol. The predicted octanol–water partition coefficient (Wildman–Crippen LogP) is 3.22. The standard InChI is InChI=1S/C14H19FN2O3/c1-4-7-14(2,3)17-13(20)16-11-8-9(12(18)19)5-6-10(11)15/h5-6,8H,4,7H2,1-3H3,(H,18,19)(H2,16,17,20). The Bertz CT molecular complexity index is 515. The highest BCUT2D eigenvalue weighted by Gasteiger charge is 2.20. The van der Waals surface area contributed by atoms with Crippen LogP contribution < -0.4 is 10.6 Å². The molecule has 0 bridgehead atoms. The number of nitrogens with one attached hydrogen (secondary N) is 2. The lowest BCUT2D eigenvalue weighted by molar-refractivity contribution is 0.0697. The smallest absolute Gasteiger partial charge is 0.335 e. The van der Waals surface area contributed by atoms with E-state index in [9.17, 15) is 14.0 Å². The molecule has 0 spiro atoms. The highest BCUT2D eigenvalue weighted by Crippen LogP contribution is 2.17. The Balaban J connectivity index is 2.80. The first-order valence-corrected chi connectivity index (χ1v) is 6.37. The normalized spacial score (nSPS) is 11.0. The second kappa shape index (κ2) is 6.36. The lowest BCUT2D eigenvalue weighted by Gasteiger charge is -2.25. The number of amides is 2. The van der Waals surface area contributed by atoms with Gasteiger partial charge in [0.2, 0.25) is 0 Å². The highest BCUT2D eigenvalue weighted by molar-refractivity contribution is 5.93. The summed E-state index contributed by atoms with van der Waals surface area (Å²) in [5.41, 5.74) is -0.663. The Hall–Kier alpha value is -2.11. The molecule has 2 amide bonds. The molecule has 5 nitrogen and oxygen atoms in total. The number of halogens is 1. The summed E-state index contributed by atoms with van der Waals surface area (Å²) in [5.74, 6) is -1.86. The van der Waals surface area contributed by atoms with Gasteiger partial charge in [-0.3, -0.25) is 0 Å². The van der Waals surface area contributed by atoms with Crippen LogP contribution in [0, 0.1) is 5.82 Å². The van der Waals surface area contributed by atoms with Crippen molar-refractivity contribution in [3.8, 4) is 0 Å². The van der Waals surface area contributed by atoms with E-state index in [0.29, 0.717) is 0 Å². The van der Waals surface area contributed by atoms with E-state index in [-0.39, 0.29) is 11.3 Å². The number of anilines is 1. The van der Waals surface area contributed by atoms with Gasteiger partial charge in [-0.05, 0) is 38.5 Å². The van der Waals surface area contributed by atoms with E-state index >= 15 is 0 Å². The van der Waals surface area contributed by atoms with Gasteiger partial charge in [0.15, 0.2) is 0 Å². The van der Waals surface area contributed by atoms with Crippen molar-refractivity contribution in [1.29, 1.82) is 0 Å². The maximum atomic E-state index is 13.5. The Kier molecular flexibility index (Phi) is 5.07. The molecule has 20 heavy (non-hydrogen) atoms. The fourth-order valence-corrected chi connectivity index (χ4v) is 1.90. The minimum absolute atomic E-state index is 0.0884. The summed E-state index contributed by atoms with van der Waals surface area (Å²) >= 11 is 0. The van der Waals surface area contributed by atoms with E-state index in [0.717, 1.165) is 31.0 Å². The average molecular weight is 282 g/mol. The van der Waals surface area contributed by atoms with Crippen LogP contribution in [0.4, 0.5) is 14.9 Å². The fourth-order valence-electron chi connectivity index (χ4n) is 1.90. The van der Waals surface area contributed by atoms with E-state index in [1.807, 2.05) is 20.8 Å². The molecule has 0 fully saturated rings. The second-order valence-corrected chi connectivity index (χ2v) is 5.21. The molecule has 0 aliphatic rings. The van der Waals surface area contributed by atoms with Crippen molar-refractivity contribution in [2.24, 2.45) is 0 Å². The van der Waals surface area contributed by atoms with Gasteiger partial charge >= 0.3 is 12.0 Å². The zero-order valence-corrected chi connectivity index (χ0v) is 11.8. The lowest BCUT2D eigenvalue weighted by Crippen LogP contribution is -2.45. The fraction of sp³-hybridized carbons (Fsp3) is 0.429. The zero-order valence-electron chi connectivity index (χ0n) is 11.8. The number of aromatic carboxylic acids is 1. The van der Waals surface area contributed by atoms with Crippen molar-refractivity contribution in [2.45, 2.75) is 39.2 Å². The Morgan fingerprint density at radius 1 is 1.35 bits per heavy atom. The lowest BCUT2D eigenvalue weighted by atomic mass is 9.99. The Morgan fingerprint density at radius 3 is 2.55 bits per heavy atom. The molecule has 1 aromatic rings. The van der Waals surface area contributed by atoms with Crippen LogP contribution in [0.1, 0.15) is 44.0 Å². The maximum Gasteiger partial charge on any atom is 0.335 e. The number of carbonyl (C=O) groups is 2. The van der Waals surface area contributed by atoms with Gasteiger partial charge in [-0.15, -0.1) is 0 Å². The Labute approximate surface area is 117 Å². The number of rotatable bonds is 5. The number of carbonyl (C=O) groups excluding carboxylic acids is 1. The number of carboxylic acids is 1. The number of benzene rings is 1. The minimum Gasteiger partial charge on any atom is -0.478 e. The van der Waals surface area contributed by atoms with Gasteiger partial charge in [-0.1, -0.05) is 13.3 Å². The summed E-state index contributed by atoms with van der Waals surface area (Å²) in [6.45, 7) is 5.72. The summed E-state index contributed by atoms with van der Waals surface area (Å²) in [7, 11) is 0. The van der Waals surface area contributed by atoms with Crippen molar-refractivity contribution in [3.05, 3.63) is 29.6 Å². The molecule has 1 rings (SSSR count). The molecule has 0 heterocycles. The average Bonchev–Trinajstić information content (AvgIpc) is 2.30. The van der Waals surface area contributed by atoms with E-state index < -0.39 is 23.4 Å². The van der Waals surface area contributed by atoms with Crippen LogP contribution in [0.2, 0.25) is 0 Å². The summed E-state index contributed by atoms with van der Waals surface area (Å²) < 4.78 is 13.5. The van der Waals surface area contributed by atoms with Crippen LogP contribution in [-0.2, 0) is 0 Å². The summed E-state index contributed by atoms with van der Waals surface area (Å²) in [6, 6.07) is 2.67. The molecular formula is C14H19FN2O3. The molecule has 0 radical (unpaired) electrons. The zero-order chi connectivity index (χ0) is 15.3. The monoisotopic (exact) mass is 282 g/mol. The van der Waals surface area contributed by atoms with Crippen molar-refractivity contribution < 1.29 is 19.1 Å². The quantitative estimate of drug-likeness (QED) is 0.775. The molecule has 110 valence electrons. The number of urea groups is 1. The molecule has 6 heteroatoms. The van der Waals surface area contributed by atoms with E-state index in [4.69, 9.17) is 5.11 Å². The third kappa shape index (κ3) is 4.53. The topological polar surface area (TPSA) is 78.4 Å². The van der Waals surface area contributed by atoms with Crippen LogP contribution in [-0.4, -0.2) is 22.6 Å². The summed E-state index contributed by atoms with van der Waals surface area (Å²) in [5, 5.41) is 13.9. The minimum atomic E-state index is -1.18. The SMILES string of the molecule is CCCC(C)(C)NC(=O)Nc1cc(C(=O)O)ccc1F. The van der Waals surface area contributed by atoms with Gasteiger partial charge in [0.25, 0.3) is 0 Å².